The normalized spacial score (nSPS) is 14.0. The van der Waals surface area contributed by atoms with E-state index >= 15 is 0 Å². The molecule has 0 amide bonds. The molecule has 0 spiro atoms. The van der Waals surface area contributed by atoms with E-state index < -0.39 is 0 Å². The predicted molar refractivity (Wildman–Crippen MR) is 42.3 cm³/mol. The van der Waals surface area contributed by atoms with Gasteiger partial charge in [-0.2, -0.15) is 5.26 Å². The minimum Gasteiger partial charge on any atom is -0.197 e. The highest BCUT2D eigenvalue weighted by molar-refractivity contribution is 9.09. The summed E-state index contributed by atoms with van der Waals surface area (Å²) >= 11 is 3.23. The molecular weight excluding hydrogens is 178 g/mol. The predicted octanol–water partition coefficient (Wildman–Crippen LogP) is 2.49. The lowest BCUT2D eigenvalue weighted by Gasteiger charge is -2.19. The molecule has 9 heavy (non-hydrogen) atoms. The first-order chi connectivity index (χ1) is 4.04. The Morgan fingerprint density at radius 2 is 2.22 bits per heavy atom. The van der Waals surface area contributed by atoms with Gasteiger partial charge in [-0.1, -0.05) is 35.9 Å². The van der Waals surface area contributed by atoms with Gasteiger partial charge in [-0.05, 0) is 0 Å². The maximum Gasteiger partial charge on any atom is 0.110 e. The van der Waals surface area contributed by atoms with Crippen molar-refractivity contribution in [2.45, 2.75) is 18.7 Å². The maximum atomic E-state index is 8.46. The van der Waals surface area contributed by atoms with Crippen LogP contribution in [0.5, 0.6) is 0 Å². The number of hydrogen-bond acceptors (Lipinski definition) is 1. The number of nitrogens with zero attached hydrogens (tertiary/aromatic N) is 1. The third-order valence-electron chi connectivity index (χ3n) is 1.29. The molecule has 0 radical (unpaired) electrons. The second-order valence-corrected chi connectivity index (χ2v) is 3.43. The van der Waals surface area contributed by atoms with Crippen molar-refractivity contribution in [3.8, 4) is 6.07 Å². The Labute approximate surface area is 64.5 Å². The van der Waals surface area contributed by atoms with Gasteiger partial charge in [-0.25, -0.2) is 0 Å². The standard InChI is InChI=1S/C7H10BrN/c1-4-7(2,3)6(8)5-9/h4,6H,1H2,2-3H3. The van der Waals surface area contributed by atoms with Gasteiger partial charge in [0.2, 0.25) is 0 Å². The third-order valence-corrected chi connectivity index (χ3v) is 2.68. The van der Waals surface area contributed by atoms with E-state index in [0.29, 0.717) is 0 Å². The Balaban J connectivity index is 4.17. The molecule has 0 aromatic heterocycles. The van der Waals surface area contributed by atoms with Crippen LogP contribution in [0.1, 0.15) is 13.8 Å². The van der Waals surface area contributed by atoms with E-state index in [0.717, 1.165) is 0 Å². The number of allylic oxidation sites excluding steroid dienone is 1. The Bertz CT molecular complexity index is 143. The molecular formula is C7H10BrN. The zero-order valence-electron chi connectivity index (χ0n) is 5.69. The molecule has 1 nitrogen and oxygen atoms in total. The summed E-state index contributed by atoms with van der Waals surface area (Å²) in [4.78, 5) is -0.137. The number of rotatable bonds is 2. The van der Waals surface area contributed by atoms with Gasteiger partial charge >= 0.3 is 0 Å². The molecule has 0 bridgehead atoms. The van der Waals surface area contributed by atoms with Gasteiger partial charge < -0.3 is 0 Å². The number of halogens is 1. The zero-order valence-corrected chi connectivity index (χ0v) is 7.27. The van der Waals surface area contributed by atoms with Crippen LogP contribution in [0.3, 0.4) is 0 Å². The van der Waals surface area contributed by atoms with E-state index in [1.54, 1.807) is 6.08 Å². The molecule has 0 N–H and O–H groups in total. The van der Waals surface area contributed by atoms with Crippen LogP contribution in [0.4, 0.5) is 0 Å². The summed E-state index contributed by atoms with van der Waals surface area (Å²) in [5.41, 5.74) is -0.130. The van der Waals surface area contributed by atoms with Gasteiger partial charge in [0.25, 0.3) is 0 Å². The molecule has 0 aliphatic heterocycles. The largest absolute Gasteiger partial charge is 0.197 e. The van der Waals surface area contributed by atoms with Crippen molar-refractivity contribution >= 4 is 15.9 Å². The van der Waals surface area contributed by atoms with Gasteiger partial charge in [0, 0.05) is 5.41 Å². The van der Waals surface area contributed by atoms with Gasteiger partial charge in [0.05, 0.1) is 6.07 Å². The van der Waals surface area contributed by atoms with Gasteiger partial charge in [0.1, 0.15) is 4.83 Å². The molecule has 1 atom stereocenters. The van der Waals surface area contributed by atoms with E-state index in [2.05, 4.69) is 28.6 Å². The quantitative estimate of drug-likeness (QED) is 0.482. The van der Waals surface area contributed by atoms with E-state index in [1.807, 2.05) is 13.8 Å². The molecule has 0 saturated heterocycles. The monoisotopic (exact) mass is 187 g/mol. The molecule has 0 rings (SSSR count). The summed E-state index contributed by atoms with van der Waals surface area (Å²) in [5.74, 6) is 0. The molecule has 0 saturated carbocycles. The Kier molecular flexibility index (Phi) is 2.93. The van der Waals surface area contributed by atoms with Crippen LogP contribution in [0.15, 0.2) is 12.7 Å². The minimum atomic E-state index is -0.137. The van der Waals surface area contributed by atoms with Crippen LogP contribution in [-0.2, 0) is 0 Å². The van der Waals surface area contributed by atoms with Crippen LogP contribution in [-0.4, -0.2) is 4.83 Å². The molecule has 0 aliphatic carbocycles. The zero-order chi connectivity index (χ0) is 7.49. The van der Waals surface area contributed by atoms with E-state index in [-0.39, 0.29) is 10.2 Å². The van der Waals surface area contributed by atoms with Crippen molar-refractivity contribution < 1.29 is 0 Å². The van der Waals surface area contributed by atoms with Crippen molar-refractivity contribution in [2.75, 3.05) is 0 Å². The summed E-state index contributed by atoms with van der Waals surface area (Å²) in [6.45, 7) is 7.54. The first-order valence-electron chi connectivity index (χ1n) is 2.72. The first-order valence-corrected chi connectivity index (χ1v) is 3.63. The van der Waals surface area contributed by atoms with Crippen LogP contribution >= 0.6 is 15.9 Å². The number of hydrogen-bond donors (Lipinski definition) is 0. The molecule has 0 aromatic rings. The number of nitriles is 1. The van der Waals surface area contributed by atoms with Gasteiger partial charge in [0.15, 0.2) is 0 Å². The average Bonchev–Trinajstić information content (AvgIpc) is 1.86. The second kappa shape index (κ2) is 3.03. The molecule has 50 valence electrons. The van der Waals surface area contributed by atoms with Crippen molar-refractivity contribution in [1.29, 1.82) is 5.26 Å². The summed E-state index contributed by atoms with van der Waals surface area (Å²) < 4.78 is 0. The van der Waals surface area contributed by atoms with Crippen molar-refractivity contribution in [3.05, 3.63) is 12.7 Å². The third kappa shape index (κ3) is 2.19. The van der Waals surface area contributed by atoms with Crippen LogP contribution < -0.4 is 0 Å². The van der Waals surface area contributed by atoms with Crippen LogP contribution in [0.25, 0.3) is 0 Å². The van der Waals surface area contributed by atoms with E-state index in [1.165, 1.54) is 0 Å². The lowest BCUT2D eigenvalue weighted by Crippen LogP contribution is -2.19. The topological polar surface area (TPSA) is 23.8 Å². The fourth-order valence-corrected chi connectivity index (χ4v) is 0.457. The minimum absolute atomic E-state index is 0.130. The fourth-order valence-electron chi connectivity index (χ4n) is 0.270. The molecule has 2 heteroatoms. The Morgan fingerprint density at radius 3 is 2.33 bits per heavy atom. The molecule has 0 aliphatic rings. The summed E-state index contributed by atoms with van der Waals surface area (Å²) in [6, 6.07) is 2.10. The van der Waals surface area contributed by atoms with Crippen LogP contribution in [0.2, 0.25) is 0 Å². The van der Waals surface area contributed by atoms with Gasteiger partial charge in [-0.3, -0.25) is 0 Å². The molecule has 0 heterocycles. The van der Waals surface area contributed by atoms with Crippen LogP contribution in [0, 0.1) is 16.7 Å². The highest BCUT2D eigenvalue weighted by Crippen LogP contribution is 2.26. The highest BCUT2D eigenvalue weighted by atomic mass is 79.9. The van der Waals surface area contributed by atoms with Gasteiger partial charge in [-0.15, -0.1) is 6.58 Å². The fraction of sp³-hybridized carbons (Fsp3) is 0.571. The van der Waals surface area contributed by atoms with Crippen molar-refractivity contribution in [1.82, 2.24) is 0 Å². The molecule has 0 aromatic carbocycles. The Morgan fingerprint density at radius 1 is 1.78 bits per heavy atom. The number of alkyl halides is 1. The SMILES string of the molecule is C=CC(C)(C)C(Br)C#N. The average molecular weight is 188 g/mol. The van der Waals surface area contributed by atoms with Crippen molar-refractivity contribution in [2.24, 2.45) is 5.41 Å². The summed E-state index contributed by atoms with van der Waals surface area (Å²) in [6.07, 6.45) is 1.77. The smallest absolute Gasteiger partial charge is 0.110 e. The van der Waals surface area contributed by atoms with E-state index in [4.69, 9.17) is 5.26 Å². The Hall–Kier alpha value is -0.290. The van der Waals surface area contributed by atoms with E-state index in [9.17, 15) is 0 Å². The highest BCUT2D eigenvalue weighted by Gasteiger charge is 2.22. The summed E-state index contributed by atoms with van der Waals surface area (Å²) in [5, 5.41) is 8.46. The first kappa shape index (κ1) is 8.71. The molecule has 1 unspecified atom stereocenters. The summed E-state index contributed by atoms with van der Waals surface area (Å²) in [7, 11) is 0. The maximum absolute atomic E-state index is 8.46. The molecule has 0 fully saturated rings. The lowest BCUT2D eigenvalue weighted by molar-refractivity contribution is 0.514. The second-order valence-electron chi connectivity index (χ2n) is 2.52. The lowest BCUT2D eigenvalue weighted by atomic mass is 9.90. The van der Waals surface area contributed by atoms with Crippen molar-refractivity contribution in [3.63, 3.8) is 0 Å².